The maximum absolute atomic E-state index is 12.2. The highest BCUT2D eigenvalue weighted by Gasteiger charge is 2.26. The summed E-state index contributed by atoms with van der Waals surface area (Å²) >= 11 is 0. The predicted molar refractivity (Wildman–Crippen MR) is 163 cm³/mol. The van der Waals surface area contributed by atoms with Crippen LogP contribution in [0.15, 0.2) is 12.1 Å². The van der Waals surface area contributed by atoms with E-state index in [1.807, 2.05) is 12.1 Å². The van der Waals surface area contributed by atoms with E-state index >= 15 is 0 Å². The lowest BCUT2D eigenvalue weighted by Crippen LogP contribution is -2.17. The predicted octanol–water partition coefficient (Wildman–Crippen LogP) is 10.1. The van der Waals surface area contributed by atoms with Gasteiger partial charge in [-0.15, -0.1) is 0 Å². The van der Waals surface area contributed by atoms with Gasteiger partial charge < -0.3 is 9.84 Å². The Balaban J connectivity index is 2.22. The van der Waals surface area contributed by atoms with Gasteiger partial charge >= 0.3 is 5.97 Å². The number of rotatable bonds is 17. The molecule has 0 aromatic heterocycles. The lowest BCUT2D eigenvalue weighted by atomic mass is 9.78. The molecule has 0 aliphatic rings. The monoisotopic (exact) mass is 526 g/mol. The molecule has 1 N–H and O–H groups in total. The molecule has 0 unspecified atom stereocenters. The fraction of sp³-hybridized carbons (Fsp3) is 0.743. The summed E-state index contributed by atoms with van der Waals surface area (Å²) in [5.74, 6) is 5.45. The number of esters is 1. The number of hydrogen-bond acceptors (Lipinski definition) is 3. The van der Waals surface area contributed by atoms with Gasteiger partial charge in [-0.25, -0.2) is 4.79 Å². The lowest BCUT2D eigenvalue weighted by Gasteiger charge is -2.27. The number of carbonyl (C=O) groups is 1. The van der Waals surface area contributed by atoms with Crippen LogP contribution >= 0.6 is 0 Å². The van der Waals surface area contributed by atoms with Gasteiger partial charge in [-0.2, -0.15) is 0 Å². The van der Waals surface area contributed by atoms with Crippen LogP contribution in [0.1, 0.15) is 168 Å². The second-order valence-corrected chi connectivity index (χ2v) is 13.1. The summed E-state index contributed by atoms with van der Waals surface area (Å²) in [7, 11) is 0. The summed E-state index contributed by atoms with van der Waals surface area (Å²) in [5, 5.41) is 10.8. The molecule has 1 aromatic carbocycles. The van der Waals surface area contributed by atoms with Crippen molar-refractivity contribution in [2.24, 2.45) is 0 Å². The highest BCUT2D eigenvalue weighted by molar-refractivity contribution is 5.89. The second-order valence-electron chi connectivity index (χ2n) is 13.1. The maximum atomic E-state index is 12.2. The molecule has 0 radical (unpaired) electrons. The van der Waals surface area contributed by atoms with Gasteiger partial charge in [-0.3, -0.25) is 0 Å². The topological polar surface area (TPSA) is 46.5 Å². The summed E-state index contributed by atoms with van der Waals surface area (Å²) in [5.41, 5.74) is 1.97. The van der Waals surface area contributed by atoms with E-state index in [1.54, 1.807) is 0 Å². The average molecular weight is 527 g/mol. The fourth-order valence-corrected chi connectivity index (χ4v) is 4.82. The molecular formula is C35H58O3. The largest absolute Gasteiger partial charge is 0.507 e. The molecule has 0 spiro atoms. The van der Waals surface area contributed by atoms with E-state index in [9.17, 15) is 9.90 Å². The molecule has 0 fully saturated rings. The minimum atomic E-state index is -0.478. The molecule has 0 bridgehead atoms. The molecule has 0 aliphatic carbocycles. The third-order valence-electron chi connectivity index (χ3n) is 7.27. The molecule has 0 atom stereocenters. The fourth-order valence-electron chi connectivity index (χ4n) is 4.82. The minimum absolute atomic E-state index is 0.227. The Morgan fingerprint density at radius 1 is 0.684 bits per heavy atom. The number of phenols is 1. The molecule has 0 aliphatic heterocycles. The normalized spacial score (nSPS) is 11.8. The summed E-state index contributed by atoms with van der Waals surface area (Å²) in [4.78, 5) is 12.2. The van der Waals surface area contributed by atoms with Gasteiger partial charge in [-0.1, -0.05) is 151 Å². The Morgan fingerprint density at radius 3 is 1.42 bits per heavy atom. The van der Waals surface area contributed by atoms with Gasteiger partial charge in [0.25, 0.3) is 0 Å². The number of benzene rings is 1. The van der Waals surface area contributed by atoms with Crippen LogP contribution in [0.3, 0.4) is 0 Å². The van der Waals surface area contributed by atoms with Crippen molar-refractivity contribution in [3.8, 4) is 17.6 Å². The van der Waals surface area contributed by atoms with Crippen molar-refractivity contribution in [3.63, 3.8) is 0 Å². The zero-order chi connectivity index (χ0) is 28.4. The van der Waals surface area contributed by atoms with Crippen LogP contribution < -0.4 is 0 Å². The first-order chi connectivity index (χ1) is 18.0. The van der Waals surface area contributed by atoms with Crippen LogP contribution in [0, 0.1) is 11.8 Å². The van der Waals surface area contributed by atoms with Gasteiger partial charge in [0.2, 0.25) is 0 Å². The summed E-state index contributed by atoms with van der Waals surface area (Å²) in [6.07, 6.45) is 21.2. The molecule has 38 heavy (non-hydrogen) atoms. The average Bonchev–Trinajstić information content (AvgIpc) is 2.83. The van der Waals surface area contributed by atoms with Crippen molar-refractivity contribution in [2.45, 2.75) is 162 Å². The van der Waals surface area contributed by atoms with Gasteiger partial charge in [0.05, 0.1) is 6.61 Å². The van der Waals surface area contributed by atoms with E-state index < -0.39 is 5.97 Å². The zero-order valence-electron chi connectivity index (χ0n) is 25.9. The first kappa shape index (κ1) is 34.1. The summed E-state index contributed by atoms with van der Waals surface area (Å²) in [6.45, 7) is 15.1. The Hall–Kier alpha value is -1.95. The van der Waals surface area contributed by atoms with Crippen LogP contribution in [0.5, 0.6) is 5.75 Å². The van der Waals surface area contributed by atoms with Crippen molar-refractivity contribution in [2.75, 3.05) is 6.61 Å². The smallest absolute Gasteiger partial charge is 0.384 e. The molecule has 0 saturated carbocycles. The van der Waals surface area contributed by atoms with E-state index in [4.69, 9.17) is 4.74 Å². The molecule has 216 valence electrons. The van der Waals surface area contributed by atoms with Crippen molar-refractivity contribution >= 4 is 5.97 Å². The van der Waals surface area contributed by atoms with Crippen LogP contribution in [0.25, 0.3) is 0 Å². The van der Waals surface area contributed by atoms with Crippen LogP contribution in [0.2, 0.25) is 0 Å². The number of ether oxygens (including phenoxy) is 1. The van der Waals surface area contributed by atoms with Crippen molar-refractivity contribution in [3.05, 3.63) is 28.8 Å². The Labute approximate surface area is 235 Å². The highest BCUT2D eigenvalue weighted by atomic mass is 16.5. The Bertz CT molecular complexity index is 823. The van der Waals surface area contributed by atoms with Crippen molar-refractivity contribution < 1.29 is 14.6 Å². The third-order valence-corrected chi connectivity index (χ3v) is 7.27. The van der Waals surface area contributed by atoms with E-state index in [-0.39, 0.29) is 10.8 Å². The van der Waals surface area contributed by atoms with Crippen molar-refractivity contribution in [1.82, 2.24) is 0 Å². The van der Waals surface area contributed by atoms with E-state index in [1.165, 1.54) is 89.9 Å². The zero-order valence-corrected chi connectivity index (χ0v) is 25.9. The minimum Gasteiger partial charge on any atom is -0.507 e. The first-order valence-electron chi connectivity index (χ1n) is 15.5. The van der Waals surface area contributed by atoms with Crippen molar-refractivity contribution in [1.29, 1.82) is 0 Å². The van der Waals surface area contributed by atoms with Gasteiger partial charge in [0.15, 0.2) is 0 Å². The standard InChI is InChI=1S/C35H58O3/c1-8-9-10-11-12-13-14-15-16-17-18-19-20-21-22-23-26-38-32(36)25-24-29-27-30(34(2,3)4)33(37)31(28-29)35(5,6)7/h27-28,37H,8-23,26H2,1-7H3. The molecule has 1 aromatic rings. The van der Waals surface area contributed by atoms with Gasteiger partial charge in [-0.05, 0) is 29.4 Å². The number of hydrogen-bond donors (Lipinski definition) is 1. The molecule has 3 nitrogen and oxygen atoms in total. The van der Waals surface area contributed by atoms with Crippen LogP contribution in [-0.4, -0.2) is 17.7 Å². The van der Waals surface area contributed by atoms with Crippen LogP contribution in [0.4, 0.5) is 0 Å². The number of carbonyl (C=O) groups excluding carboxylic acids is 1. The first-order valence-corrected chi connectivity index (χ1v) is 15.5. The molecule has 0 heterocycles. The molecule has 3 heteroatoms. The van der Waals surface area contributed by atoms with E-state index in [0.29, 0.717) is 12.4 Å². The van der Waals surface area contributed by atoms with Gasteiger partial charge in [0.1, 0.15) is 5.75 Å². The molecule has 0 amide bonds. The van der Waals surface area contributed by atoms with Crippen LogP contribution in [-0.2, 0) is 20.4 Å². The quantitative estimate of drug-likeness (QED) is 0.125. The highest BCUT2D eigenvalue weighted by Crippen LogP contribution is 2.39. The molecule has 1 rings (SSSR count). The number of unbranched alkanes of at least 4 members (excludes halogenated alkanes) is 15. The lowest BCUT2D eigenvalue weighted by molar-refractivity contribution is -0.136. The molecular weight excluding hydrogens is 468 g/mol. The van der Waals surface area contributed by atoms with Gasteiger partial charge in [0, 0.05) is 22.6 Å². The number of aromatic hydroxyl groups is 1. The maximum Gasteiger partial charge on any atom is 0.384 e. The second kappa shape index (κ2) is 18.4. The summed E-state index contributed by atoms with van der Waals surface area (Å²) in [6, 6.07) is 3.78. The third kappa shape index (κ3) is 14.8. The van der Waals surface area contributed by atoms with E-state index in [2.05, 4.69) is 60.3 Å². The summed E-state index contributed by atoms with van der Waals surface area (Å²) < 4.78 is 5.34. The SMILES string of the molecule is CCCCCCCCCCCCCCCCCCOC(=O)C#Cc1cc(C(C)(C)C)c(O)c(C(C)(C)C)c1. The molecule has 0 saturated heterocycles. The Morgan fingerprint density at radius 2 is 1.05 bits per heavy atom. The number of phenolic OH excluding ortho intramolecular Hbond substituents is 1. The Kier molecular flexibility index (Phi) is 16.5. The van der Waals surface area contributed by atoms with E-state index in [0.717, 1.165) is 29.5 Å².